The molecule has 1 heterocycles. The standard InChI is InChI=1S/C14H12N2O4/c17-12-6-7-13(18)16(15-12)9-11-4-2-1-3-10(11)5-8-14(19)20/h1-8H,9H2,(H,15,17)(H,19,20). The number of aliphatic carboxylic acids is 1. The summed E-state index contributed by atoms with van der Waals surface area (Å²) in [5.41, 5.74) is 0.699. The number of carboxylic acids is 1. The Balaban J connectivity index is 2.39. The van der Waals surface area contributed by atoms with Crippen LogP contribution in [0.2, 0.25) is 0 Å². The van der Waals surface area contributed by atoms with Crippen molar-refractivity contribution in [2.24, 2.45) is 0 Å². The van der Waals surface area contributed by atoms with Crippen LogP contribution in [0, 0.1) is 0 Å². The molecule has 20 heavy (non-hydrogen) atoms. The van der Waals surface area contributed by atoms with E-state index in [1.54, 1.807) is 24.3 Å². The molecule has 2 rings (SSSR count). The summed E-state index contributed by atoms with van der Waals surface area (Å²) in [6, 6.07) is 9.39. The lowest BCUT2D eigenvalue weighted by atomic mass is 10.1. The fourth-order valence-corrected chi connectivity index (χ4v) is 1.75. The van der Waals surface area contributed by atoms with Gasteiger partial charge in [0.25, 0.3) is 11.1 Å². The van der Waals surface area contributed by atoms with E-state index in [0.29, 0.717) is 5.56 Å². The quantitative estimate of drug-likeness (QED) is 0.801. The van der Waals surface area contributed by atoms with Gasteiger partial charge in [-0.2, -0.15) is 0 Å². The predicted octanol–water partition coefficient (Wildman–Crippen LogP) is 0.683. The third kappa shape index (κ3) is 3.32. The molecule has 0 spiro atoms. The third-order valence-corrected chi connectivity index (χ3v) is 2.68. The maximum Gasteiger partial charge on any atom is 0.328 e. The van der Waals surface area contributed by atoms with Gasteiger partial charge in [-0.15, -0.1) is 0 Å². The molecular weight excluding hydrogens is 260 g/mol. The number of aromatic amines is 1. The zero-order valence-corrected chi connectivity index (χ0v) is 10.4. The average molecular weight is 272 g/mol. The predicted molar refractivity (Wildman–Crippen MR) is 73.5 cm³/mol. The van der Waals surface area contributed by atoms with Crippen molar-refractivity contribution in [3.8, 4) is 0 Å². The van der Waals surface area contributed by atoms with E-state index in [-0.39, 0.29) is 17.7 Å². The lowest BCUT2D eigenvalue weighted by Crippen LogP contribution is -2.28. The second-order valence-electron chi connectivity index (χ2n) is 4.10. The van der Waals surface area contributed by atoms with Crippen molar-refractivity contribution in [2.75, 3.05) is 0 Å². The Bertz CT molecular complexity index is 771. The molecule has 0 fully saturated rings. The van der Waals surface area contributed by atoms with Gasteiger partial charge in [-0.05, 0) is 17.2 Å². The molecule has 6 heteroatoms. The monoisotopic (exact) mass is 272 g/mol. The first-order chi connectivity index (χ1) is 9.56. The normalized spacial score (nSPS) is 10.8. The fraction of sp³-hybridized carbons (Fsp3) is 0.0714. The summed E-state index contributed by atoms with van der Waals surface area (Å²) in [5.74, 6) is -1.05. The van der Waals surface area contributed by atoms with Crippen LogP contribution >= 0.6 is 0 Å². The SMILES string of the molecule is O=C(O)C=Cc1ccccc1Cn1[nH]c(=O)ccc1=O. The van der Waals surface area contributed by atoms with E-state index in [2.05, 4.69) is 5.10 Å². The van der Waals surface area contributed by atoms with Crippen LogP contribution in [0.1, 0.15) is 11.1 Å². The minimum absolute atomic E-state index is 0.162. The van der Waals surface area contributed by atoms with Gasteiger partial charge in [0.05, 0.1) is 6.54 Å². The summed E-state index contributed by atoms with van der Waals surface area (Å²) in [6.07, 6.45) is 2.47. The zero-order chi connectivity index (χ0) is 14.5. The number of rotatable bonds is 4. The lowest BCUT2D eigenvalue weighted by Gasteiger charge is -2.08. The molecule has 0 aliphatic rings. The van der Waals surface area contributed by atoms with Gasteiger partial charge >= 0.3 is 5.97 Å². The highest BCUT2D eigenvalue weighted by molar-refractivity contribution is 5.85. The van der Waals surface area contributed by atoms with Crippen LogP contribution in [-0.2, 0) is 11.3 Å². The van der Waals surface area contributed by atoms with Crippen LogP contribution in [0.4, 0.5) is 0 Å². The fourth-order valence-electron chi connectivity index (χ4n) is 1.75. The molecule has 1 aromatic heterocycles. The minimum Gasteiger partial charge on any atom is -0.478 e. The maximum absolute atomic E-state index is 11.6. The number of H-pyrrole nitrogens is 1. The van der Waals surface area contributed by atoms with Gasteiger partial charge in [-0.25, -0.2) is 9.48 Å². The first kappa shape index (κ1) is 13.5. The summed E-state index contributed by atoms with van der Waals surface area (Å²) < 4.78 is 1.18. The Morgan fingerprint density at radius 3 is 2.70 bits per heavy atom. The van der Waals surface area contributed by atoms with Gasteiger partial charge in [0.1, 0.15) is 0 Å². The molecule has 0 atom stereocenters. The van der Waals surface area contributed by atoms with Gasteiger partial charge in [0, 0.05) is 18.2 Å². The molecule has 0 radical (unpaired) electrons. The van der Waals surface area contributed by atoms with E-state index in [1.165, 1.54) is 16.8 Å². The van der Waals surface area contributed by atoms with Crippen LogP contribution in [0.15, 0.2) is 52.1 Å². The summed E-state index contributed by atoms with van der Waals surface area (Å²) in [6.45, 7) is 0.162. The van der Waals surface area contributed by atoms with Crippen molar-refractivity contribution < 1.29 is 9.90 Å². The van der Waals surface area contributed by atoms with Crippen molar-refractivity contribution in [3.63, 3.8) is 0 Å². The number of hydrogen-bond acceptors (Lipinski definition) is 3. The molecule has 0 aliphatic heterocycles. The zero-order valence-electron chi connectivity index (χ0n) is 10.4. The molecule has 0 amide bonds. The first-order valence-corrected chi connectivity index (χ1v) is 5.85. The Hall–Kier alpha value is -2.89. The Kier molecular flexibility index (Phi) is 3.95. The highest BCUT2D eigenvalue weighted by Gasteiger charge is 2.03. The van der Waals surface area contributed by atoms with E-state index in [4.69, 9.17) is 5.11 Å². The number of aromatic nitrogens is 2. The number of nitrogens with zero attached hydrogens (tertiary/aromatic N) is 1. The lowest BCUT2D eigenvalue weighted by molar-refractivity contribution is -0.131. The summed E-state index contributed by atoms with van der Waals surface area (Å²) in [7, 11) is 0. The highest BCUT2D eigenvalue weighted by Crippen LogP contribution is 2.11. The van der Waals surface area contributed by atoms with Gasteiger partial charge in [-0.1, -0.05) is 24.3 Å². The molecular formula is C14H12N2O4. The summed E-state index contributed by atoms with van der Waals surface area (Å²) in [4.78, 5) is 33.4. The van der Waals surface area contributed by atoms with Gasteiger partial charge in [0.2, 0.25) is 0 Å². The van der Waals surface area contributed by atoms with Crippen molar-refractivity contribution in [1.29, 1.82) is 0 Å². The minimum atomic E-state index is -1.05. The van der Waals surface area contributed by atoms with Crippen LogP contribution in [0.5, 0.6) is 0 Å². The molecule has 0 bridgehead atoms. The van der Waals surface area contributed by atoms with Crippen molar-refractivity contribution in [3.05, 3.63) is 74.3 Å². The smallest absolute Gasteiger partial charge is 0.328 e. The largest absolute Gasteiger partial charge is 0.478 e. The van der Waals surface area contributed by atoms with Crippen LogP contribution in [0.3, 0.4) is 0 Å². The molecule has 102 valence electrons. The third-order valence-electron chi connectivity index (χ3n) is 2.68. The number of carboxylic acid groups (broad SMARTS) is 1. The number of carbonyl (C=O) groups is 1. The van der Waals surface area contributed by atoms with Crippen LogP contribution in [0.25, 0.3) is 6.08 Å². The van der Waals surface area contributed by atoms with Crippen LogP contribution in [-0.4, -0.2) is 20.9 Å². The van der Waals surface area contributed by atoms with E-state index in [0.717, 1.165) is 17.7 Å². The molecule has 1 aromatic carbocycles. The van der Waals surface area contributed by atoms with Crippen molar-refractivity contribution >= 4 is 12.0 Å². The first-order valence-electron chi connectivity index (χ1n) is 5.85. The van der Waals surface area contributed by atoms with Crippen LogP contribution < -0.4 is 11.1 Å². The molecule has 0 unspecified atom stereocenters. The Labute approximate surface area is 113 Å². The Morgan fingerprint density at radius 2 is 1.95 bits per heavy atom. The second kappa shape index (κ2) is 5.83. The van der Waals surface area contributed by atoms with E-state index < -0.39 is 5.97 Å². The topological polar surface area (TPSA) is 92.2 Å². The molecule has 0 aliphatic carbocycles. The van der Waals surface area contributed by atoms with Gasteiger partial charge in [0.15, 0.2) is 0 Å². The maximum atomic E-state index is 11.6. The van der Waals surface area contributed by atoms with Crippen molar-refractivity contribution in [2.45, 2.75) is 6.54 Å². The van der Waals surface area contributed by atoms with Gasteiger partial charge < -0.3 is 5.11 Å². The number of hydrogen-bond donors (Lipinski definition) is 2. The summed E-state index contributed by atoms with van der Waals surface area (Å²) >= 11 is 0. The molecule has 0 saturated heterocycles. The van der Waals surface area contributed by atoms with E-state index in [9.17, 15) is 14.4 Å². The van der Waals surface area contributed by atoms with Crippen molar-refractivity contribution in [1.82, 2.24) is 9.78 Å². The Morgan fingerprint density at radius 1 is 1.20 bits per heavy atom. The average Bonchev–Trinajstić information content (AvgIpc) is 2.42. The van der Waals surface area contributed by atoms with E-state index in [1.807, 2.05) is 0 Å². The number of nitrogens with one attached hydrogen (secondary N) is 1. The molecule has 2 aromatic rings. The molecule has 6 nitrogen and oxygen atoms in total. The van der Waals surface area contributed by atoms with E-state index >= 15 is 0 Å². The number of benzene rings is 1. The summed E-state index contributed by atoms with van der Waals surface area (Å²) in [5, 5.41) is 11.1. The molecule has 0 saturated carbocycles. The second-order valence-corrected chi connectivity index (χ2v) is 4.10. The highest BCUT2D eigenvalue weighted by atomic mass is 16.4. The molecule has 2 N–H and O–H groups in total. The van der Waals surface area contributed by atoms with Gasteiger partial charge in [-0.3, -0.25) is 14.7 Å².